The number of hydrogen-bond donors (Lipinski definition) is 1. The highest BCUT2D eigenvalue weighted by Crippen LogP contribution is 2.25. The van der Waals surface area contributed by atoms with Gasteiger partial charge in [-0.3, -0.25) is 4.79 Å². The fraction of sp³-hybridized carbons (Fsp3) is 0.350. The molecule has 134 valence electrons. The number of hydrogen-bond acceptors (Lipinski definition) is 4. The summed E-state index contributed by atoms with van der Waals surface area (Å²) in [5.41, 5.74) is 1.19. The fourth-order valence-electron chi connectivity index (χ4n) is 2.51. The van der Waals surface area contributed by atoms with E-state index < -0.39 is 0 Å². The van der Waals surface area contributed by atoms with Crippen LogP contribution in [0.2, 0.25) is 0 Å². The molecule has 0 fully saturated rings. The van der Waals surface area contributed by atoms with Gasteiger partial charge < -0.3 is 19.5 Å². The van der Waals surface area contributed by atoms with Crippen LogP contribution in [0.1, 0.15) is 18.4 Å². The van der Waals surface area contributed by atoms with Crippen molar-refractivity contribution in [3.8, 4) is 17.2 Å². The van der Waals surface area contributed by atoms with Crippen molar-refractivity contribution in [1.29, 1.82) is 0 Å². The second-order valence-electron chi connectivity index (χ2n) is 5.56. The third-order valence-corrected chi connectivity index (χ3v) is 3.82. The molecule has 0 bridgehead atoms. The molecule has 0 spiro atoms. The van der Waals surface area contributed by atoms with E-state index in [1.165, 1.54) is 5.56 Å². The van der Waals surface area contributed by atoms with E-state index in [1.807, 2.05) is 30.3 Å². The molecule has 2 rings (SSSR count). The molecule has 0 saturated carbocycles. The summed E-state index contributed by atoms with van der Waals surface area (Å²) in [5, 5.41) is 2.87. The Labute approximate surface area is 148 Å². The maximum atomic E-state index is 11.9. The van der Waals surface area contributed by atoms with Gasteiger partial charge in [-0.2, -0.15) is 0 Å². The molecule has 0 aliphatic carbocycles. The molecule has 0 aliphatic heterocycles. The van der Waals surface area contributed by atoms with Crippen molar-refractivity contribution < 1.29 is 19.0 Å². The van der Waals surface area contributed by atoms with Crippen LogP contribution in [-0.2, 0) is 11.2 Å². The first-order valence-electron chi connectivity index (χ1n) is 8.39. The van der Waals surface area contributed by atoms with Crippen molar-refractivity contribution >= 4 is 5.91 Å². The van der Waals surface area contributed by atoms with E-state index in [0.717, 1.165) is 25.0 Å². The number of carbonyl (C=O) groups excluding carboxylic acids is 1. The largest absolute Gasteiger partial charge is 0.496 e. The number of para-hydroxylation sites is 3. The van der Waals surface area contributed by atoms with Gasteiger partial charge in [-0.25, -0.2) is 0 Å². The Morgan fingerprint density at radius 1 is 0.880 bits per heavy atom. The minimum atomic E-state index is -0.136. The summed E-state index contributed by atoms with van der Waals surface area (Å²) in [6.45, 7) is 0.607. The number of ether oxygens (including phenoxy) is 3. The number of aryl methyl sites for hydroxylation is 1. The summed E-state index contributed by atoms with van der Waals surface area (Å²) in [6, 6.07) is 15.3. The van der Waals surface area contributed by atoms with Gasteiger partial charge in [-0.05, 0) is 43.0 Å². The molecule has 0 unspecified atom stereocenters. The maximum Gasteiger partial charge on any atom is 0.257 e. The first-order valence-corrected chi connectivity index (χ1v) is 8.39. The third kappa shape index (κ3) is 6.03. The van der Waals surface area contributed by atoms with Gasteiger partial charge in [0.25, 0.3) is 5.91 Å². The van der Waals surface area contributed by atoms with Crippen LogP contribution in [0.4, 0.5) is 0 Å². The number of methoxy groups -OCH3 is 2. The Morgan fingerprint density at radius 3 is 2.24 bits per heavy atom. The Hall–Kier alpha value is -2.69. The quantitative estimate of drug-likeness (QED) is 0.673. The standard InChI is InChI=1S/C20H25NO4/c1-23-17-11-4-3-9-16(17)10-7-8-14-21-20(22)15-25-19-13-6-5-12-18(19)24-2/h3-6,9,11-13H,7-8,10,14-15H2,1-2H3,(H,21,22). The summed E-state index contributed by atoms with van der Waals surface area (Å²) < 4.78 is 16.0. The average Bonchev–Trinajstić information content (AvgIpc) is 2.66. The smallest absolute Gasteiger partial charge is 0.257 e. The Bertz CT molecular complexity index is 672. The van der Waals surface area contributed by atoms with Gasteiger partial charge >= 0.3 is 0 Å². The molecular formula is C20H25NO4. The monoisotopic (exact) mass is 343 g/mol. The van der Waals surface area contributed by atoms with Crippen LogP contribution in [0.25, 0.3) is 0 Å². The second kappa shape index (κ2) is 10.2. The minimum absolute atomic E-state index is 0.0210. The molecule has 0 saturated heterocycles. The molecular weight excluding hydrogens is 318 g/mol. The zero-order chi connectivity index (χ0) is 17.9. The van der Waals surface area contributed by atoms with Crippen molar-refractivity contribution in [3.05, 3.63) is 54.1 Å². The van der Waals surface area contributed by atoms with Gasteiger partial charge in [0, 0.05) is 6.54 Å². The number of carbonyl (C=O) groups is 1. The SMILES string of the molecule is COc1ccccc1CCCCNC(=O)COc1ccccc1OC. The molecule has 25 heavy (non-hydrogen) atoms. The molecule has 0 heterocycles. The third-order valence-electron chi connectivity index (χ3n) is 3.82. The summed E-state index contributed by atoms with van der Waals surface area (Å²) in [7, 11) is 3.25. The molecule has 1 N–H and O–H groups in total. The van der Waals surface area contributed by atoms with E-state index in [2.05, 4.69) is 11.4 Å². The average molecular weight is 343 g/mol. The highest BCUT2D eigenvalue weighted by Gasteiger charge is 2.06. The van der Waals surface area contributed by atoms with Crippen molar-refractivity contribution in [1.82, 2.24) is 5.32 Å². The van der Waals surface area contributed by atoms with E-state index >= 15 is 0 Å². The summed E-state index contributed by atoms with van der Waals surface area (Å²) in [4.78, 5) is 11.9. The van der Waals surface area contributed by atoms with Crippen molar-refractivity contribution in [2.24, 2.45) is 0 Å². The first-order chi connectivity index (χ1) is 12.2. The van der Waals surface area contributed by atoms with Gasteiger partial charge in [0.1, 0.15) is 5.75 Å². The Balaban J connectivity index is 1.64. The lowest BCUT2D eigenvalue weighted by molar-refractivity contribution is -0.123. The minimum Gasteiger partial charge on any atom is -0.496 e. The number of benzene rings is 2. The van der Waals surface area contributed by atoms with Crippen molar-refractivity contribution in [2.45, 2.75) is 19.3 Å². The molecule has 0 radical (unpaired) electrons. The van der Waals surface area contributed by atoms with E-state index in [1.54, 1.807) is 26.4 Å². The Morgan fingerprint density at radius 2 is 1.52 bits per heavy atom. The van der Waals surface area contributed by atoms with E-state index in [0.29, 0.717) is 18.0 Å². The molecule has 1 amide bonds. The molecule has 0 aromatic heterocycles. The number of rotatable bonds is 10. The van der Waals surface area contributed by atoms with E-state index in [4.69, 9.17) is 14.2 Å². The van der Waals surface area contributed by atoms with Gasteiger partial charge in [-0.1, -0.05) is 30.3 Å². The molecule has 5 nitrogen and oxygen atoms in total. The summed E-state index contributed by atoms with van der Waals surface area (Å²) >= 11 is 0. The molecule has 5 heteroatoms. The maximum absolute atomic E-state index is 11.9. The molecule has 0 aliphatic rings. The lowest BCUT2D eigenvalue weighted by atomic mass is 10.1. The van der Waals surface area contributed by atoms with Crippen molar-refractivity contribution in [2.75, 3.05) is 27.4 Å². The van der Waals surface area contributed by atoms with Crippen LogP contribution >= 0.6 is 0 Å². The highest BCUT2D eigenvalue weighted by atomic mass is 16.5. The first kappa shape index (κ1) is 18.6. The fourth-order valence-corrected chi connectivity index (χ4v) is 2.51. The number of unbranched alkanes of at least 4 members (excludes halogenated alkanes) is 1. The zero-order valence-electron chi connectivity index (χ0n) is 14.8. The van der Waals surface area contributed by atoms with Crippen LogP contribution in [0, 0.1) is 0 Å². The summed E-state index contributed by atoms with van der Waals surface area (Å²) in [6.07, 6.45) is 2.81. The van der Waals surface area contributed by atoms with Crippen molar-refractivity contribution in [3.63, 3.8) is 0 Å². The molecule has 2 aromatic carbocycles. The Kier molecular flexibility index (Phi) is 7.63. The van der Waals surface area contributed by atoms with E-state index in [9.17, 15) is 4.79 Å². The predicted molar refractivity (Wildman–Crippen MR) is 97.4 cm³/mol. The molecule has 2 aromatic rings. The number of nitrogens with one attached hydrogen (secondary N) is 1. The van der Waals surface area contributed by atoms with Crippen LogP contribution in [-0.4, -0.2) is 33.3 Å². The zero-order valence-corrected chi connectivity index (χ0v) is 14.8. The van der Waals surface area contributed by atoms with Crippen LogP contribution in [0.15, 0.2) is 48.5 Å². The second-order valence-corrected chi connectivity index (χ2v) is 5.56. The number of amides is 1. The van der Waals surface area contributed by atoms with Gasteiger partial charge in [0.05, 0.1) is 14.2 Å². The highest BCUT2D eigenvalue weighted by molar-refractivity contribution is 5.77. The lowest BCUT2D eigenvalue weighted by Crippen LogP contribution is -2.29. The van der Waals surface area contributed by atoms with Gasteiger partial charge in [0.2, 0.25) is 0 Å². The normalized spacial score (nSPS) is 10.2. The van der Waals surface area contributed by atoms with Crippen LogP contribution in [0.3, 0.4) is 0 Å². The summed E-state index contributed by atoms with van der Waals surface area (Å²) in [5.74, 6) is 1.96. The molecule has 0 atom stereocenters. The van der Waals surface area contributed by atoms with E-state index in [-0.39, 0.29) is 12.5 Å². The van der Waals surface area contributed by atoms with Gasteiger partial charge in [-0.15, -0.1) is 0 Å². The van der Waals surface area contributed by atoms with Crippen LogP contribution < -0.4 is 19.5 Å². The van der Waals surface area contributed by atoms with Gasteiger partial charge in [0.15, 0.2) is 18.1 Å². The predicted octanol–water partition coefficient (Wildman–Crippen LogP) is 3.22. The topological polar surface area (TPSA) is 56.8 Å². The van der Waals surface area contributed by atoms with Crippen LogP contribution in [0.5, 0.6) is 17.2 Å². The lowest BCUT2D eigenvalue weighted by Gasteiger charge is -2.11.